The van der Waals surface area contributed by atoms with Crippen LogP contribution in [0.1, 0.15) is 0 Å². The van der Waals surface area contributed by atoms with Crippen molar-refractivity contribution in [3.63, 3.8) is 0 Å². The van der Waals surface area contributed by atoms with Gasteiger partial charge in [0.25, 0.3) is 0 Å². The van der Waals surface area contributed by atoms with Crippen molar-refractivity contribution in [3.05, 3.63) is 24.7 Å². The molecule has 0 fully saturated rings. The molecule has 1 aromatic carbocycles. The van der Waals surface area contributed by atoms with Crippen LogP contribution in [0.5, 0.6) is 0 Å². The Morgan fingerprint density at radius 2 is 1.73 bits per heavy atom. The molecule has 2 N–H and O–H groups in total. The van der Waals surface area contributed by atoms with Crippen molar-refractivity contribution in [3.8, 4) is 0 Å². The minimum atomic E-state index is -4.09. The number of benzene rings is 1. The smallest absolute Gasteiger partial charge is 0.240 e. The van der Waals surface area contributed by atoms with Crippen LogP contribution < -0.4 is 5.14 Å². The summed E-state index contributed by atoms with van der Waals surface area (Å²) in [5.74, 6) is 0. The van der Waals surface area contributed by atoms with E-state index in [-0.39, 0.29) is 18.6 Å². The number of halogens is 4. The number of sulfonamides is 1. The molecule has 0 heterocycles. The molecule has 0 aromatic heterocycles. The molecule has 0 unspecified atom stereocenters. The van der Waals surface area contributed by atoms with Gasteiger partial charge in [0.05, 0.1) is 18.6 Å². The summed E-state index contributed by atoms with van der Waals surface area (Å²) in [7, 11) is -4.09. The van der Waals surface area contributed by atoms with E-state index in [1.807, 2.05) is 0 Å². The molecule has 0 aliphatic heterocycles. The molecule has 0 spiro atoms. The van der Waals surface area contributed by atoms with E-state index < -0.39 is 36.1 Å². The first-order valence-electron chi connectivity index (χ1n) is 3.26. The monoisotopic (exact) mass is 401 g/mol. The molecule has 0 atom stereocenters. The summed E-state index contributed by atoms with van der Waals surface area (Å²) in [5, 5.41) is 4.60. The van der Waals surface area contributed by atoms with Crippen LogP contribution in [0.4, 0.5) is 0 Å². The van der Waals surface area contributed by atoms with E-state index in [0.29, 0.717) is 0 Å². The average Bonchev–Trinajstić information content (AvgIpc) is 2.08. The second-order valence-electron chi connectivity index (χ2n) is 2.42. The van der Waals surface area contributed by atoms with Crippen molar-refractivity contribution in [2.75, 3.05) is 0 Å². The lowest BCUT2D eigenvalue weighted by Gasteiger charge is -2.07. The standard InChI is InChI=1S/C6H3Cl3INO3S/c7-2-1-3(8)5(10-12)6(4(2)9)15(11,13)14/h1H,(H2,11,13,14). The van der Waals surface area contributed by atoms with Gasteiger partial charge in [-0.15, -0.1) is 0 Å². The fourth-order valence-electron chi connectivity index (χ4n) is 0.873. The van der Waals surface area contributed by atoms with Gasteiger partial charge in [0, 0.05) is 0 Å². The first-order chi connectivity index (χ1) is 6.79. The van der Waals surface area contributed by atoms with Crippen molar-refractivity contribution in [1.82, 2.24) is 0 Å². The van der Waals surface area contributed by atoms with Crippen molar-refractivity contribution in [1.29, 1.82) is 0 Å². The van der Waals surface area contributed by atoms with Crippen LogP contribution in [0.15, 0.2) is 11.0 Å². The summed E-state index contributed by atoms with van der Waals surface area (Å²) < 4.78 is 33.2. The zero-order valence-electron chi connectivity index (χ0n) is 6.80. The molecule has 0 amide bonds. The number of nitrogens with two attached hydrogens (primary N) is 1. The molecule has 9 heteroatoms. The topological polar surface area (TPSA) is 77.2 Å². The average molecular weight is 402 g/mol. The first kappa shape index (κ1) is 13.6. The SMILES string of the molecule is NS(=O)(=O)c1c(Cl)c(Cl)cc(Cl)c1I=O. The zero-order valence-corrected chi connectivity index (χ0v) is 12.0. The van der Waals surface area contributed by atoms with Crippen molar-refractivity contribution in [2.24, 2.45) is 5.14 Å². The maximum absolute atomic E-state index is 11.2. The predicted octanol–water partition coefficient (Wildman–Crippen LogP) is 2.78. The van der Waals surface area contributed by atoms with Gasteiger partial charge in [-0.2, -0.15) is 0 Å². The van der Waals surface area contributed by atoms with Crippen molar-refractivity contribution in [2.45, 2.75) is 4.90 Å². The third kappa shape index (κ3) is 2.80. The first-order valence-corrected chi connectivity index (χ1v) is 7.90. The van der Waals surface area contributed by atoms with Crippen LogP contribution in [-0.4, -0.2) is 8.42 Å². The Bertz CT molecular complexity index is 531. The van der Waals surface area contributed by atoms with Gasteiger partial charge in [-0.25, -0.2) is 13.6 Å². The van der Waals surface area contributed by atoms with E-state index >= 15 is 0 Å². The van der Waals surface area contributed by atoms with Gasteiger partial charge in [-0.05, 0) is 6.07 Å². The van der Waals surface area contributed by atoms with E-state index in [1.165, 1.54) is 6.07 Å². The molecule has 0 bridgehead atoms. The van der Waals surface area contributed by atoms with Crippen LogP contribution in [0.2, 0.25) is 15.1 Å². The molecule has 0 saturated heterocycles. The van der Waals surface area contributed by atoms with E-state index in [2.05, 4.69) is 0 Å². The summed E-state index contributed by atoms with van der Waals surface area (Å²) in [6.45, 7) is 0. The maximum atomic E-state index is 11.2. The fourth-order valence-corrected chi connectivity index (χ4v) is 4.96. The number of primary sulfonamides is 1. The molecular formula is C6H3Cl3INO3S. The zero-order chi connectivity index (χ0) is 11.8. The highest BCUT2D eigenvalue weighted by atomic mass is 127. The molecular weight excluding hydrogens is 399 g/mol. The summed E-state index contributed by atoms with van der Waals surface area (Å²) >= 11 is 15.2. The second-order valence-corrected chi connectivity index (χ2v) is 6.63. The van der Waals surface area contributed by atoms with Gasteiger partial charge < -0.3 is 0 Å². The minimum absolute atomic E-state index is 0.0174. The molecule has 0 aliphatic carbocycles. The van der Waals surface area contributed by atoms with Crippen LogP contribution in [0.25, 0.3) is 0 Å². The summed E-state index contributed by atoms with van der Waals surface area (Å²) in [6, 6.07) is 1.23. The Balaban J connectivity index is 3.82. The summed E-state index contributed by atoms with van der Waals surface area (Å²) in [5.41, 5.74) is 0. The Morgan fingerprint density at radius 1 is 1.20 bits per heavy atom. The second kappa shape index (κ2) is 4.80. The van der Waals surface area contributed by atoms with E-state index in [9.17, 15) is 11.5 Å². The third-order valence-corrected chi connectivity index (χ3v) is 5.85. The third-order valence-electron chi connectivity index (χ3n) is 1.43. The van der Waals surface area contributed by atoms with Gasteiger partial charge in [0.2, 0.25) is 10.0 Å². The van der Waals surface area contributed by atoms with Crippen LogP contribution >= 0.6 is 56.0 Å². The summed E-state index contributed by atoms with van der Waals surface area (Å²) in [4.78, 5) is -0.454. The lowest BCUT2D eigenvalue weighted by atomic mass is 10.3. The molecule has 1 aromatic rings. The number of hydrogen-bond donors (Lipinski definition) is 1. The van der Waals surface area contributed by atoms with E-state index in [4.69, 9.17) is 39.9 Å². The fraction of sp³-hybridized carbons (Fsp3) is 0. The van der Waals surface area contributed by atoms with E-state index in [0.717, 1.165) is 0 Å². The van der Waals surface area contributed by atoms with Gasteiger partial charge in [0.15, 0.2) is 21.2 Å². The molecule has 84 valence electrons. The molecule has 0 saturated carbocycles. The van der Waals surface area contributed by atoms with Gasteiger partial charge in [0.1, 0.15) is 4.90 Å². The molecule has 1 rings (SSSR count). The Morgan fingerprint density at radius 3 is 2.13 bits per heavy atom. The quantitative estimate of drug-likeness (QED) is 0.610. The Labute approximate surface area is 111 Å². The Kier molecular flexibility index (Phi) is 4.35. The maximum Gasteiger partial charge on any atom is 0.240 e. The normalized spacial score (nSPS) is 11.7. The van der Waals surface area contributed by atoms with Gasteiger partial charge in [-0.3, -0.25) is 3.07 Å². The predicted molar refractivity (Wildman–Crippen MR) is 66.2 cm³/mol. The molecule has 15 heavy (non-hydrogen) atoms. The number of rotatable bonds is 2. The summed E-state index contributed by atoms with van der Waals surface area (Å²) in [6.07, 6.45) is 0. The highest BCUT2D eigenvalue weighted by Gasteiger charge is 2.23. The van der Waals surface area contributed by atoms with Crippen LogP contribution in [0, 0.1) is 3.57 Å². The van der Waals surface area contributed by atoms with Gasteiger partial charge >= 0.3 is 0 Å². The molecule has 4 nitrogen and oxygen atoms in total. The number of hydrogen-bond acceptors (Lipinski definition) is 3. The van der Waals surface area contributed by atoms with Crippen LogP contribution in [0.3, 0.4) is 0 Å². The van der Waals surface area contributed by atoms with Crippen molar-refractivity contribution >= 4 is 66.0 Å². The lowest BCUT2D eigenvalue weighted by Crippen LogP contribution is -2.15. The highest BCUT2D eigenvalue weighted by molar-refractivity contribution is 14.1. The van der Waals surface area contributed by atoms with Crippen LogP contribution in [-0.2, 0) is 13.1 Å². The highest BCUT2D eigenvalue weighted by Crippen LogP contribution is 2.38. The van der Waals surface area contributed by atoms with Gasteiger partial charge in [-0.1, -0.05) is 34.8 Å². The van der Waals surface area contributed by atoms with E-state index in [1.54, 1.807) is 0 Å². The lowest BCUT2D eigenvalue weighted by molar-refractivity contribution is 0.597. The minimum Gasteiger partial charge on any atom is -0.265 e. The molecule has 0 aliphatic rings. The largest absolute Gasteiger partial charge is 0.265 e. The van der Waals surface area contributed by atoms with Crippen molar-refractivity contribution < 1.29 is 11.5 Å². The Hall–Kier alpha value is 0.530. The molecule has 0 radical (unpaired) electrons.